The Morgan fingerprint density at radius 1 is 1.11 bits per heavy atom. The summed E-state index contributed by atoms with van der Waals surface area (Å²) in [6, 6.07) is 8.78. The van der Waals surface area contributed by atoms with Crippen LogP contribution in [0.4, 0.5) is 18.9 Å². The van der Waals surface area contributed by atoms with Gasteiger partial charge in [0.15, 0.2) is 5.65 Å². The highest BCUT2D eigenvalue weighted by molar-refractivity contribution is 6.05. The van der Waals surface area contributed by atoms with Gasteiger partial charge in [-0.25, -0.2) is 4.98 Å². The third-order valence-corrected chi connectivity index (χ3v) is 6.60. The average molecular weight is 510 g/mol. The quantitative estimate of drug-likeness (QED) is 0.388. The molecule has 0 radical (unpaired) electrons. The summed E-state index contributed by atoms with van der Waals surface area (Å²) in [4.78, 5) is 23.6. The number of likely N-dealkylation sites (tertiary alicyclic amines) is 1. The summed E-state index contributed by atoms with van der Waals surface area (Å²) in [5, 5.41) is 2.60. The van der Waals surface area contributed by atoms with Crippen molar-refractivity contribution < 1.29 is 22.7 Å². The van der Waals surface area contributed by atoms with Crippen molar-refractivity contribution in [3.63, 3.8) is 0 Å². The van der Waals surface area contributed by atoms with Crippen molar-refractivity contribution in [3.05, 3.63) is 77.9 Å². The summed E-state index contributed by atoms with van der Waals surface area (Å²) in [6.45, 7) is 3.45. The van der Waals surface area contributed by atoms with E-state index in [2.05, 4.69) is 20.2 Å². The minimum Gasteiger partial charge on any atom is -0.490 e. The summed E-state index contributed by atoms with van der Waals surface area (Å²) in [7, 11) is 1.97. The zero-order valence-electron chi connectivity index (χ0n) is 20.4. The molecule has 3 heterocycles. The molecule has 1 saturated heterocycles. The van der Waals surface area contributed by atoms with Gasteiger partial charge in [-0.1, -0.05) is 6.07 Å². The second-order valence-corrected chi connectivity index (χ2v) is 9.26. The molecule has 2 aromatic carbocycles. The third-order valence-electron chi connectivity index (χ3n) is 6.60. The molecule has 0 spiro atoms. The lowest BCUT2D eigenvalue weighted by Crippen LogP contribution is -2.36. The predicted octanol–water partition coefficient (Wildman–Crippen LogP) is 5.45. The van der Waals surface area contributed by atoms with Crippen LogP contribution in [0.5, 0.6) is 5.75 Å². The molecule has 1 aliphatic rings. The zero-order valence-corrected chi connectivity index (χ0v) is 20.4. The first kappa shape index (κ1) is 24.8. The van der Waals surface area contributed by atoms with Crippen LogP contribution in [0.3, 0.4) is 0 Å². The molecule has 2 aromatic heterocycles. The first-order chi connectivity index (χ1) is 17.7. The standard InChI is InChI=1S/C27H26F3N5O2/c1-17-3-4-18(13-21(17)23-15-32-25-16-31-9-12-35(23)25)26(36)33-19-5-6-24(22(14-19)27(28,29)30)37-20-7-10-34(2)11-8-20/h3-6,9,12-16,20H,7-8,10-11H2,1-2H3,(H,33,36). The largest absolute Gasteiger partial charge is 0.490 e. The van der Waals surface area contributed by atoms with Crippen molar-refractivity contribution >= 4 is 17.2 Å². The number of carbonyl (C=O) groups is 1. The van der Waals surface area contributed by atoms with E-state index < -0.39 is 17.6 Å². The second kappa shape index (κ2) is 9.85. The van der Waals surface area contributed by atoms with Crippen LogP contribution in [-0.4, -0.2) is 51.4 Å². The number of halogens is 3. The van der Waals surface area contributed by atoms with E-state index in [1.165, 1.54) is 12.1 Å². The molecule has 0 unspecified atom stereocenters. The molecule has 37 heavy (non-hydrogen) atoms. The average Bonchev–Trinajstić information content (AvgIpc) is 3.30. The summed E-state index contributed by atoms with van der Waals surface area (Å²) in [5.74, 6) is -0.742. The van der Waals surface area contributed by atoms with Crippen molar-refractivity contribution in [1.82, 2.24) is 19.3 Å². The van der Waals surface area contributed by atoms with E-state index in [-0.39, 0.29) is 17.5 Å². The molecule has 0 atom stereocenters. The summed E-state index contributed by atoms with van der Waals surface area (Å²) < 4.78 is 49.2. The number of carbonyl (C=O) groups excluding carboxylic acids is 1. The number of hydrogen-bond donors (Lipinski definition) is 1. The SMILES string of the molecule is Cc1ccc(C(=O)Nc2ccc(OC3CCN(C)CC3)c(C(F)(F)F)c2)cc1-c1cnc2cnccn12. The Hall–Kier alpha value is -3.92. The molecule has 1 aliphatic heterocycles. The Morgan fingerprint density at radius 3 is 2.65 bits per heavy atom. The number of aromatic nitrogens is 3. The minimum absolute atomic E-state index is 0.0380. The monoisotopic (exact) mass is 509 g/mol. The van der Waals surface area contributed by atoms with Gasteiger partial charge >= 0.3 is 6.18 Å². The number of piperidine rings is 1. The number of imidazole rings is 1. The summed E-state index contributed by atoms with van der Waals surface area (Å²) >= 11 is 0. The lowest BCUT2D eigenvalue weighted by atomic mass is 10.0. The fourth-order valence-corrected chi connectivity index (χ4v) is 4.50. The van der Waals surface area contributed by atoms with Gasteiger partial charge in [0, 0.05) is 42.3 Å². The number of hydrogen-bond acceptors (Lipinski definition) is 5. The number of fused-ring (bicyclic) bond motifs is 1. The molecule has 0 bridgehead atoms. The maximum atomic E-state index is 13.9. The maximum absolute atomic E-state index is 13.9. The van der Waals surface area contributed by atoms with E-state index in [0.29, 0.717) is 24.1 Å². The lowest BCUT2D eigenvalue weighted by Gasteiger charge is -2.30. The van der Waals surface area contributed by atoms with Crippen LogP contribution in [0.25, 0.3) is 16.9 Å². The van der Waals surface area contributed by atoms with Crippen LogP contribution in [0.1, 0.15) is 34.3 Å². The number of rotatable bonds is 5. The van der Waals surface area contributed by atoms with Crippen LogP contribution in [-0.2, 0) is 6.18 Å². The van der Waals surface area contributed by atoms with E-state index >= 15 is 0 Å². The van der Waals surface area contributed by atoms with Crippen molar-refractivity contribution in [2.45, 2.75) is 32.0 Å². The van der Waals surface area contributed by atoms with Crippen molar-refractivity contribution in [2.75, 3.05) is 25.5 Å². The number of nitrogens with one attached hydrogen (secondary N) is 1. The van der Waals surface area contributed by atoms with Gasteiger partial charge in [-0.15, -0.1) is 0 Å². The highest BCUT2D eigenvalue weighted by atomic mass is 19.4. The number of amides is 1. The molecule has 1 N–H and O–H groups in total. The van der Waals surface area contributed by atoms with E-state index in [1.54, 1.807) is 43.0 Å². The van der Waals surface area contributed by atoms with Crippen molar-refractivity contribution in [1.29, 1.82) is 0 Å². The topological polar surface area (TPSA) is 71.8 Å². The highest BCUT2D eigenvalue weighted by Gasteiger charge is 2.36. The molecule has 4 aromatic rings. The van der Waals surface area contributed by atoms with Crippen LogP contribution in [0.15, 0.2) is 61.2 Å². The second-order valence-electron chi connectivity index (χ2n) is 9.26. The van der Waals surface area contributed by atoms with Gasteiger partial charge in [-0.05, 0) is 62.7 Å². The normalized spacial score (nSPS) is 15.2. The van der Waals surface area contributed by atoms with Gasteiger partial charge in [0.1, 0.15) is 11.9 Å². The lowest BCUT2D eigenvalue weighted by molar-refractivity contribution is -0.139. The molecule has 0 aliphatic carbocycles. The number of alkyl halides is 3. The Balaban J connectivity index is 1.39. The number of ether oxygens (including phenoxy) is 1. The molecule has 1 amide bonds. The molecule has 1 fully saturated rings. The Morgan fingerprint density at radius 2 is 1.89 bits per heavy atom. The number of benzene rings is 2. The maximum Gasteiger partial charge on any atom is 0.420 e. The molecule has 0 saturated carbocycles. The number of aryl methyl sites for hydroxylation is 1. The molecule has 10 heteroatoms. The zero-order chi connectivity index (χ0) is 26.2. The van der Waals surface area contributed by atoms with Gasteiger partial charge in [0.25, 0.3) is 5.91 Å². The number of nitrogens with zero attached hydrogens (tertiary/aromatic N) is 4. The van der Waals surface area contributed by atoms with Gasteiger partial charge < -0.3 is 15.0 Å². The van der Waals surface area contributed by atoms with Gasteiger partial charge in [0.2, 0.25) is 0 Å². The first-order valence-electron chi connectivity index (χ1n) is 11.9. The van der Waals surface area contributed by atoms with E-state index in [0.717, 1.165) is 36.0 Å². The van der Waals surface area contributed by atoms with E-state index in [4.69, 9.17) is 4.74 Å². The Kier molecular flexibility index (Phi) is 6.59. The Bertz CT molecular complexity index is 1440. The van der Waals surface area contributed by atoms with Crippen LogP contribution >= 0.6 is 0 Å². The summed E-state index contributed by atoms with van der Waals surface area (Å²) in [6.07, 6.45) is 3.15. The molecular weight excluding hydrogens is 483 g/mol. The van der Waals surface area contributed by atoms with Gasteiger partial charge in [-0.2, -0.15) is 13.2 Å². The summed E-state index contributed by atoms with van der Waals surface area (Å²) in [5.41, 5.74) is 2.58. The predicted molar refractivity (Wildman–Crippen MR) is 134 cm³/mol. The van der Waals surface area contributed by atoms with E-state index in [9.17, 15) is 18.0 Å². The third kappa shape index (κ3) is 5.29. The minimum atomic E-state index is -4.63. The molecule has 5 rings (SSSR count). The smallest absolute Gasteiger partial charge is 0.420 e. The van der Waals surface area contributed by atoms with Crippen LogP contribution in [0.2, 0.25) is 0 Å². The highest BCUT2D eigenvalue weighted by Crippen LogP contribution is 2.39. The fraction of sp³-hybridized carbons (Fsp3) is 0.296. The molecule has 7 nitrogen and oxygen atoms in total. The van der Waals surface area contributed by atoms with Crippen molar-refractivity contribution in [3.8, 4) is 17.0 Å². The van der Waals surface area contributed by atoms with Crippen LogP contribution in [0, 0.1) is 6.92 Å². The number of anilines is 1. The molecule has 192 valence electrons. The van der Waals surface area contributed by atoms with Gasteiger partial charge in [-0.3, -0.25) is 14.2 Å². The fourth-order valence-electron chi connectivity index (χ4n) is 4.50. The van der Waals surface area contributed by atoms with Gasteiger partial charge in [0.05, 0.1) is 23.7 Å². The molecular formula is C27H26F3N5O2. The first-order valence-corrected chi connectivity index (χ1v) is 11.9. The van der Waals surface area contributed by atoms with Crippen molar-refractivity contribution in [2.24, 2.45) is 0 Å². The van der Waals surface area contributed by atoms with Crippen LogP contribution < -0.4 is 10.1 Å². The Labute approximate surface area is 211 Å². The van der Waals surface area contributed by atoms with E-state index in [1.807, 2.05) is 18.4 Å².